The number of phenols is 1. The molecule has 2 aromatic rings. The number of rotatable bonds is 5. The number of nitrogens with zero attached hydrogens (tertiary/aromatic N) is 5. The molecular weight excluding hydrogens is 403 g/mol. The molecule has 0 bridgehead atoms. The van der Waals surface area contributed by atoms with Gasteiger partial charge in [-0.25, -0.2) is 23.1 Å². The molecule has 0 spiro atoms. The number of phenolic OH excluding ortho intramolecular Hbond substituents is 1. The van der Waals surface area contributed by atoms with Gasteiger partial charge in [0.2, 0.25) is 15.8 Å². The molecule has 0 saturated heterocycles. The predicted molar refractivity (Wildman–Crippen MR) is 99.5 cm³/mol. The Bertz CT molecular complexity index is 1010. The van der Waals surface area contributed by atoms with Gasteiger partial charge >= 0.3 is 0 Å². The Labute approximate surface area is 159 Å². The summed E-state index contributed by atoms with van der Waals surface area (Å²) in [5.41, 5.74) is 0.855. The summed E-state index contributed by atoms with van der Waals surface area (Å²) >= 11 is 11.8. The van der Waals surface area contributed by atoms with Crippen molar-refractivity contribution in [3.05, 3.63) is 33.8 Å². The number of aliphatic imine (C=N–C) groups is 1. The molecule has 1 unspecified atom stereocenters. The van der Waals surface area contributed by atoms with Gasteiger partial charge in [0.25, 0.3) is 0 Å². The SMILES string of the molecule is CC(CNS(C)(=O)=O)c1nc2n(n1)N=CC2=Nc1cc(Cl)c(O)c(Cl)c1. The Morgan fingerprint density at radius 2 is 2.00 bits per heavy atom. The summed E-state index contributed by atoms with van der Waals surface area (Å²) in [7, 11) is -3.30. The molecule has 0 aliphatic carbocycles. The third kappa shape index (κ3) is 4.04. The first-order chi connectivity index (χ1) is 12.1. The molecule has 2 heterocycles. The van der Waals surface area contributed by atoms with Crippen LogP contribution in [0.25, 0.3) is 0 Å². The van der Waals surface area contributed by atoms with E-state index in [9.17, 15) is 13.5 Å². The van der Waals surface area contributed by atoms with Crippen molar-refractivity contribution in [2.24, 2.45) is 10.1 Å². The molecule has 1 aliphatic heterocycles. The van der Waals surface area contributed by atoms with E-state index in [2.05, 4.69) is 24.9 Å². The second-order valence-corrected chi connectivity index (χ2v) is 8.35. The van der Waals surface area contributed by atoms with Crippen LogP contribution in [0.1, 0.15) is 24.5 Å². The molecule has 26 heavy (non-hydrogen) atoms. The lowest BCUT2D eigenvalue weighted by molar-refractivity contribution is 0.476. The molecule has 9 nitrogen and oxygen atoms in total. The molecule has 0 saturated carbocycles. The molecule has 12 heteroatoms. The minimum Gasteiger partial charge on any atom is -0.505 e. The monoisotopic (exact) mass is 416 g/mol. The van der Waals surface area contributed by atoms with E-state index in [0.717, 1.165) is 6.26 Å². The molecule has 0 fully saturated rings. The van der Waals surface area contributed by atoms with E-state index in [1.54, 1.807) is 6.92 Å². The summed E-state index contributed by atoms with van der Waals surface area (Å²) in [6.45, 7) is 1.96. The van der Waals surface area contributed by atoms with Crippen LogP contribution in [0.3, 0.4) is 0 Å². The maximum Gasteiger partial charge on any atom is 0.208 e. The van der Waals surface area contributed by atoms with Gasteiger partial charge < -0.3 is 5.11 Å². The number of nitrogens with one attached hydrogen (secondary N) is 1. The fraction of sp³-hybridized carbons (Fsp3) is 0.286. The normalized spacial score (nSPS) is 16.2. The highest BCUT2D eigenvalue weighted by Gasteiger charge is 2.23. The average molecular weight is 417 g/mol. The van der Waals surface area contributed by atoms with Crippen molar-refractivity contribution in [2.75, 3.05) is 12.8 Å². The van der Waals surface area contributed by atoms with Crippen molar-refractivity contribution in [1.29, 1.82) is 0 Å². The van der Waals surface area contributed by atoms with Gasteiger partial charge in [0.05, 0.1) is 28.2 Å². The highest BCUT2D eigenvalue weighted by atomic mass is 35.5. The number of aromatic nitrogens is 3. The van der Waals surface area contributed by atoms with E-state index >= 15 is 0 Å². The fourth-order valence-electron chi connectivity index (χ4n) is 2.14. The van der Waals surface area contributed by atoms with Crippen molar-refractivity contribution in [1.82, 2.24) is 19.6 Å². The third-order valence-electron chi connectivity index (χ3n) is 3.47. The first kappa shape index (κ1) is 18.8. The van der Waals surface area contributed by atoms with Gasteiger partial charge in [-0.1, -0.05) is 30.1 Å². The number of sulfonamides is 1. The van der Waals surface area contributed by atoms with Crippen molar-refractivity contribution < 1.29 is 13.5 Å². The Hall–Kier alpha value is -2.01. The number of hydrogen-bond acceptors (Lipinski definition) is 7. The number of hydrogen-bond donors (Lipinski definition) is 2. The summed E-state index contributed by atoms with van der Waals surface area (Å²) in [6.07, 6.45) is 2.57. The minimum atomic E-state index is -3.30. The van der Waals surface area contributed by atoms with Gasteiger partial charge in [0, 0.05) is 12.5 Å². The van der Waals surface area contributed by atoms with Crippen LogP contribution in [0.4, 0.5) is 5.69 Å². The fourth-order valence-corrected chi connectivity index (χ4v) is 3.17. The largest absolute Gasteiger partial charge is 0.505 e. The van der Waals surface area contributed by atoms with E-state index in [-0.39, 0.29) is 28.3 Å². The summed E-state index contributed by atoms with van der Waals surface area (Å²) in [5, 5.41) is 18.1. The topological polar surface area (TPSA) is 122 Å². The summed E-state index contributed by atoms with van der Waals surface area (Å²) < 4.78 is 24.8. The predicted octanol–water partition coefficient (Wildman–Crippen LogP) is 1.91. The first-order valence-electron chi connectivity index (χ1n) is 7.37. The first-order valence-corrected chi connectivity index (χ1v) is 10.0. The molecule has 1 aliphatic rings. The minimum absolute atomic E-state index is 0.0782. The van der Waals surface area contributed by atoms with Gasteiger partial charge in [-0.2, -0.15) is 5.10 Å². The van der Waals surface area contributed by atoms with Gasteiger partial charge in [-0.05, 0) is 12.1 Å². The second-order valence-electron chi connectivity index (χ2n) is 5.70. The molecule has 3 rings (SSSR count). The van der Waals surface area contributed by atoms with Crippen LogP contribution in [0, 0.1) is 0 Å². The van der Waals surface area contributed by atoms with Crippen LogP contribution in [0.15, 0.2) is 22.2 Å². The van der Waals surface area contributed by atoms with Crippen LogP contribution in [-0.4, -0.2) is 53.1 Å². The highest BCUT2D eigenvalue weighted by molar-refractivity contribution is 7.88. The number of halogens is 2. The molecule has 2 N–H and O–H groups in total. The number of fused-ring (bicyclic) bond motifs is 1. The molecule has 0 radical (unpaired) electrons. The average Bonchev–Trinajstić information content (AvgIpc) is 3.11. The van der Waals surface area contributed by atoms with E-state index in [1.165, 1.54) is 23.1 Å². The third-order valence-corrected chi connectivity index (χ3v) is 4.74. The van der Waals surface area contributed by atoms with Crippen LogP contribution < -0.4 is 4.72 Å². The standard InChI is InChI=1S/C14H14Cl2N6O3S/c1-7(5-18-26(2,24)25)13-20-14-11(6-17-22(14)21-13)19-8-3-9(15)12(23)10(16)4-8/h3-4,6-7,18,23H,5H2,1-2H3. The molecular formula is C14H14Cl2N6O3S. The van der Waals surface area contributed by atoms with Crippen LogP contribution in [0.5, 0.6) is 5.75 Å². The van der Waals surface area contributed by atoms with Crippen molar-refractivity contribution in [2.45, 2.75) is 12.8 Å². The summed E-state index contributed by atoms with van der Waals surface area (Å²) in [5.74, 6) is 0.376. The zero-order chi connectivity index (χ0) is 19.1. The van der Waals surface area contributed by atoms with Gasteiger partial charge in [-0.3, -0.25) is 0 Å². The lowest BCUT2D eigenvalue weighted by Crippen LogP contribution is -2.26. The van der Waals surface area contributed by atoms with Gasteiger partial charge in [0.1, 0.15) is 5.71 Å². The summed E-state index contributed by atoms with van der Waals surface area (Å²) in [6, 6.07) is 2.92. The van der Waals surface area contributed by atoms with E-state index in [4.69, 9.17) is 23.2 Å². The second kappa shape index (κ2) is 6.95. The Balaban J connectivity index is 1.86. The smallest absolute Gasteiger partial charge is 0.208 e. The maximum absolute atomic E-state index is 11.2. The van der Waals surface area contributed by atoms with Crippen LogP contribution >= 0.6 is 23.2 Å². The quantitative estimate of drug-likeness (QED) is 0.770. The summed E-state index contributed by atoms with van der Waals surface area (Å²) in [4.78, 5) is 10.1. The maximum atomic E-state index is 11.2. The molecule has 1 atom stereocenters. The van der Waals surface area contributed by atoms with Gasteiger partial charge in [-0.15, -0.1) is 9.89 Å². The van der Waals surface area contributed by atoms with Crippen molar-refractivity contribution in [3.63, 3.8) is 0 Å². The molecule has 0 amide bonds. The van der Waals surface area contributed by atoms with E-state index in [0.29, 0.717) is 23.0 Å². The zero-order valence-electron chi connectivity index (χ0n) is 13.7. The molecule has 1 aromatic heterocycles. The Kier molecular flexibility index (Phi) is 5.02. The van der Waals surface area contributed by atoms with Crippen LogP contribution in [-0.2, 0) is 10.0 Å². The lowest BCUT2D eigenvalue weighted by Gasteiger charge is -2.07. The van der Waals surface area contributed by atoms with Crippen molar-refractivity contribution in [3.8, 4) is 5.75 Å². The zero-order valence-corrected chi connectivity index (χ0v) is 16.0. The lowest BCUT2D eigenvalue weighted by atomic mass is 10.2. The number of aromatic hydroxyl groups is 1. The van der Waals surface area contributed by atoms with E-state index in [1.807, 2.05) is 0 Å². The Morgan fingerprint density at radius 3 is 2.62 bits per heavy atom. The van der Waals surface area contributed by atoms with Crippen molar-refractivity contribution >= 4 is 50.8 Å². The van der Waals surface area contributed by atoms with Crippen LogP contribution in [0.2, 0.25) is 10.0 Å². The molecule has 138 valence electrons. The molecule has 1 aromatic carbocycles. The highest BCUT2D eigenvalue weighted by Crippen LogP contribution is 2.36. The van der Waals surface area contributed by atoms with Gasteiger partial charge in [0.15, 0.2) is 11.6 Å². The number of benzene rings is 1. The van der Waals surface area contributed by atoms with E-state index < -0.39 is 10.0 Å². The Morgan fingerprint density at radius 1 is 1.35 bits per heavy atom.